The topological polar surface area (TPSA) is 81.6 Å². The van der Waals surface area contributed by atoms with Crippen LogP contribution in [0.15, 0.2) is 42.7 Å². The fourth-order valence-corrected chi connectivity index (χ4v) is 3.50. The van der Waals surface area contributed by atoms with Crippen LogP contribution in [-0.4, -0.2) is 42.8 Å². The Morgan fingerprint density at radius 2 is 1.72 bits per heavy atom. The second kappa shape index (κ2) is 8.22. The minimum absolute atomic E-state index is 0.437. The largest absolute Gasteiger partial charge is 0.493 e. The fraction of sp³-hybridized carbons (Fsp3) is 0.286. The maximum absolute atomic E-state index is 5.41. The maximum Gasteiger partial charge on any atom is 0.234 e. The van der Waals surface area contributed by atoms with Crippen LogP contribution < -0.4 is 24.4 Å². The molecule has 0 amide bonds. The number of fused-ring (bicyclic) bond motifs is 1. The van der Waals surface area contributed by atoms with Crippen molar-refractivity contribution >= 4 is 23.3 Å². The molecule has 1 N–H and O–H groups in total. The van der Waals surface area contributed by atoms with Gasteiger partial charge in [0.2, 0.25) is 17.6 Å². The van der Waals surface area contributed by atoms with Gasteiger partial charge in [0, 0.05) is 30.1 Å². The first kappa shape index (κ1) is 18.8. The normalized spacial score (nSPS) is 12.9. The van der Waals surface area contributed by atoms with Gasteiger partial charge in [0.15, 0.2) is 11.5 Å². The predicted octanol–water partition coefficient (Wildman–Crippen LogP) is 3.73. The van der Waals surface area contributed by atoms with Crippen LogP contribution in [0.4, 0.5) is 23.3 Å². The second-order valence-corrected chi connectivity index (χ2v) is 6.53. The van der Waals surface area contributed by atoms with Crippen molar-refractivity contribution in [1.82, 2.24) is 15.0 Å². The van der Waals surface area contributed by atoms with Crippen molar-refractivity contribution in [2.24, 2.45) is 0 Å². The van der Waals surface area contributed by atoms with Crippen molar-refractivity contribution in [3.05, 3.63) is 48.3 Å². The van der Waals surface area contributed by atoms with Gasteiger partial charge in [-0.25, -0.2) is 9.97 Å². The van der Waals surface area contributed by atoms with Crippen LogP contribution in [-0.2, 0) is 6.42 Å². The Balaban J connectivity index is 1.64. The van der Waals surface area contributed by atoms with Gasteiger partial charge in [-0.15, -0.1) is 0 Å². The van der Waals surface area contributed by atoms with Crippen molar-refractivity contribution in [1.29, 1.82) is 0 Å². The molecule has 0 spiro atoms. The van der Waals surface area contributed by atoms with Gasteiger partial charge in [-0.2, -0.15) is 4.98 Å². The molecule has 0 unspecified atom stereocenters. The molecule has 1 aromatic heterocycles. The molecule has 0 saturated heterocycles. The molecular weight excluding hydrogens is 370 g/mol. The van der Waals surface area contributed by atoms with Crippen molar-refractivity contribution in [3.63, 3.8) is 0 Å². The number of hydrogen-bond acceptors (Lipinski definition) is 8. The first-order valence-electron chi connectivity index (χ1n) is 9.35. The minimum atomic E-state index is 0.437. The average Bonchev–Trinajstić information content (AvgIpc) is 2.78. The predicted molar refractivity (Wildman–Crippen MR) is 111 cm³/mol. The lowest BCUT2D eigenvalue weighted by Gasteiger charge is -2.29. The molecule has 0 bridgehead atoms. The Bertz CT molecular complexity index is 986. The standard InChI is InChI=1S/C21H23N5O3/c1-27-17-11-15(12-18(28-2)19(17)29-3)24-20-22-13-23-21(25-20)26-10-6-8-14-7-4-5-9-16(14)26/h4-5,7,9,11-13H,6,8,10H2,1-3H3,(H,22,23,24,25). The molecule has 0 fully saturated rings. The summed E-state index contributed by atoms with van der Waals surface area (Å²) in [6.07, 6.45) is 3.63. The molecule has 0 atom stereocenters. The summed E-state index contributed by atoms with van der Waals surface area (Å²) < 4.78 is 16.2. The van der Waals surface area contributed by atoms with Crippen LogP contribution in [0.1, 0.15) is 12.0 Å². The number of aryl methyl sites for hydroxylation is 1. The number of anilines is 4. The number of methoxy groups -OCH3 is 3. The van der Waals surface area contributed by atoms with Crippen LogP contribution >= 0.6 is 0 Å². The summed E-state index contributed by atoms with van der Waals surface area (Å²) in [4.78, 5) is 15.4. The Morgan fingerprint density at radius 1 is 0.966 bits per heavy atom. The Hall–Kier alpha value is -3.55. The molecule has 8 heteroatoms. The highest BCUT2D eigenvalue weighted by atomic mass is 16.5. The van der Waals surface area contributed by atoms with Crippen molar-refractivity contribution in [3.8, 4) is 17.2 Å². The Morgan fingerprint density at radius 3 is 2.45 bits per heavy atom. The minimum Gasteiger partial charge on any atom is -0.493 e. The molecule has 1 aliphatic heterocycles. The lowest BCUT2D eigenvalue weighted by atomic mass is 10.0. The average molecular weight is 393 g/mol. The van der Waals surface area contributed by atoms with E-state index in [1.165, 1.54) is 11.9 Å². The highest BCUT2D eigenvalue weighted by molar-refractivity contribution is 5.67. The van der Waals surface area contributed by atoms with E-state index in [1.54, 1.807) is 33.5 Å². The maximum atomic E-state index is 5.41. The molecule has 150 valence electrons. The van der Waals surface area contributed by atoms with Crippen LogP contribution in [0.3, 0.4) is 0 Å². The first-order valence-corrected chi connectivity index (χ1v) is 9.35. The highest BCUT2D eigenvalue weighted by Crippen LogP contribution is 2.40. The molecule has 4 rings (SSSR count). The third-order valence-corrected chi connectivity index (χ3v) is 4.83. The van der Waals surface area contributed by atoms with Gasteiger partial charge >= 0.3 is 0 Å². The van der Waals surface area contributed by atoms with Gasteiger partial charge in [0.05, 0.1) is 21.3 Å². The molecule has 3 aromatic rings. The van der Waals surface area contributed by atoms with E-state index in [9.17, 15) is 0 Å². The van der Waals surface area contributed by atoms with E-state index in [2.05, 4.69) is 43.4 Å². The van der Waals surface area contributed by atoms with Gasteiger partial charge < -0.3 is 24.4 Å². The summed E-state index contributed by atoms with van der Waals surface area (Å²) >= 11 is 0. The number of para-hydroxylation sites is 1. The van der Waals surface area contributed by atoms with E-state index in [0.717, 1.165) is 30.8 Å². The van der Waals surface area contributed by atoms with Crippen LogP contribution in [0.5, 0.6) is 17.2 Å². The van der Waals surface area contributed by atoms with Crippen molar-refractivity contribution < 1.29 is 14.2 Å². The summed E-state index contributed by atoms with van der Waals surface area (Å²) in [6, 6.07) is 12.0. The zero-order valence-corrected chi connectivity index (χ0v) is 16.7. The number of benzene rings is 2. The SMILES string of the molecule is COc1cc(Nc2ncnc(N3CCCc4ccccc43)n2)cc(OC)c1OC. The monoisotopic (exact) mass is 393 g/mol. The molecule has 2 heterocycles. The van der Waals surface area contributed by atoms with Gasteiger partial charge in [0.1, 0.15) is 6.33 Å². The molecule has 2 aromatic carbocycles. The van der Waals surface area contributed by atoms with Gasteiger partial charge in [0.25, 0.3) is 0 Å². The number of rotatable bonds is 6. The van der Waals surface area contributed by atoms with Gasteiger partial charge in [-0.3, -0.25) is 0 Å². The summed E-state index contributed by atoms with van der Waals surface area (Å²) in [6.45, 7) is 0.866. The van der Waals surface area contributed by atoms with E-state index >= 15 is 0 Å². The molecule has 0 saturated carbocycles. The van der Waals surface area contributed by atoms with Gasteiger partial charge in [-0.05, 0) is 24.5 Å². The lowest BCUT2D eigenvalue weighted by Crippen LogP contribution is -2.26. The van der Waals surface area contributed by atoms with Crippen LogP contribution in [0, 0.1) is 0 Å². The molecule has 1 aliphatic rings. The second-order valence-electron chi connectivity index (χ2n) is 6.53. The smallest absolute Gasteiger partial charge is 0.234 e. The van der Waals surface area contributed by atoms with E-state index in [-0.39, 0.29) is 0 Å². The molecule has 29 heavy (non-hydrogen) atoms. The zero-order chi connectivity index (χ0) is 20.2. The highest BCUT2D eigenvalue weighted by Gasteiger charge is 2.20. The summed E-state index contributed by atoms with van der Waals surface area (Å²) in [5.74, 6) is 2.68. The summed E-state index contributed by atoms with van der Waals surface area (Å²) in [5.41, 5.74) is 3.16. The Kier molecular flexibility index (Phi) is 5.33. The van der Waals surface area contributed by atoms with E-state index in [1.807, 2.05) is 6.07 Å². The van der Waals surface area contributed by atoms with Gasteiger partial charge in [-0.1, -0.05) is 18.2 Å². The lowest BCUT2D eigenvalue weighted by molar-refractivity contribution is 0.324. The van der Waals surface area contributed by atoms with Crippen LogP contribution in [0.2, 0.25) is 0 Å². The zero-order valence-electron chi connectivity index (χ0n) is 16.7. The molecule has 8 nitrogen and oxygen atoms in total. The quantitative estimate of drug-likeness (QED) is 0.679. The fourth-order valence-electron chi connectivity index (χ4n) is 3.50. The van der Waals surface area contributed by atoms with Crippen LogP contribution in [0.25, 0.3) is 0 Å². The number of nitrogens with zero attached hydrogens (tertiary/aromatic N) is 4. The third-order valence-electron chi connectivity index (χ3n) is 4.83. The number of ether oxygens (including phenoxy) is 3. The molecular formula is C21H23N5O3. The number of nitrogens with one attached hydrogen (secondary N) is 1. The van der Waals surface area contributed by atoms with E-state index < -0.39 is 0 Å². The number of aromatic nitrogens is 3. The summed E-state index contributed by atoms with van der Waals surface area (Å²) in [5, 5.41) is 3.20. The van der Waals surface area contributed by atoms with E-state index in [0.29, 0.717) is 29.1 Å². The number of hydrogen-bond donors (Lipinski definition) is 1. The third kappa shape index (κ3) is 3.73. The van der Waals surface area contributed by atoms with E-state index in [4.69, 9.17) is 14.2 Å². The first-order chi connectivity index (χ1) is 14.2. The molecule has 0 radical (unpaired) electrons. The Labute approximate surface area is 169 Å². The van der Waals surface area contributed by atoms with Crippen molar-refractivity contribution in [2.75, 3.05) is 38.1 Å². The van der Waals surface area contributed by atoms with Crippen molar-refractivity contribution in [2.45, 2.75) is 12.8 Å². The summed E-state index contributed by atoms with van der Waals surface area (Å²) in [7, 11) is 4.73. The molecule has 0 aliphatic carbocycles.